The second-order valence-corrected chi connectivity index (χ2v) is 24.6. The Morgan fingerprint density at radius 2 is 0.564 bits per heavy atom. The van der Waals surface area contributed by atoms with Crippen molar-refractivity contribution in [3.63, 3.8) is 0 Å². The molecular formula is C68H90N24O9. The summed E-state index contributed by atoms with van der Waals surface area (Å²) in [6, 6.07) is 17.7. The number of fused-ring (bicyclic) bond motifs is 4. The van der Waals surface area contributed by atoms with Gasteiger partial charge in [-0.15, -0.1) is 0 Å². The van der Waals surface area contributed by atoms with E-state index in [0.717, 1.165) is 16.4 Å². The number of guanidine groups is 4. The molecule has 4 heterocycles. The van der Waals surface area contributed by atoms with Crippen molar-refractivity contribution in [2.75, 3.05) is 26.2 Å². The standard InChI is InChI=1S/C68H90N24O9/c69-45(17-9-25-78-65(70)71)57(93)86-50(22-10-26-79-66(72)73)58(94)89-55(31-39-35-84-48-20-7-3-15-43(39)48)62(98)91-53(29-37-33-82-46-18-5-1-13-41(37)46)60(96)87-51(23-11-27-80-67(74)75)59(95)90-56(32-40-36-85-49-21-8-4-16-44(40)49)63(99)92-54(30-38-34-83-47-19-6-2-14-42(38)47)61(97)88-52(64(100)101)24-12-28-81-68(76)77/h1-8,13-16,18-21,33-36,45,50-56,82-85H,9-12,17,22-32,69H2,(H,86,93)(H,87,96)(H,88,97)(H,89,94)(H,90,95)(H,91,98)(H,92,99)(H,100,101)(H4,70,71,78)(H4,72,73,79)(H4,74,75,80)(H4,76,77,81)/t45-,50-,51-,52-,53-,54-,55-,56-/m0/s1. The van der Waals surface area contributed by atoms with Gasteiger partial charge in [-0.3, -0.25) is 55.2 Å². The van der Waals surface area contributed by atoms with Crippen LogP contribution in [0.1, 0.15) is 73.6 Å². The Morgan fingerprint density at radius 1 is 0.337 bits per heavy atom. The van der Waals surface area contributed by atoms with E-state index in [0.29, 0.717) is 55.9 Å². The molecule has 33 nitrogen and oxygen atoms in total. The minimum atomic E-state index is -1.52. The van der Waals surface area contributed by atoms with Gasteiger partial charge in [0.2, 0.25) is 41.4 Å². The average molecular weight is 1390 g/mol. The van der Waals surface area contributed by atoms with Crippen molar-refractivity contribution in [3.05, 3.63) is 144 Å². The molecule has 33 heteroatoms. The summed E-state index contributed by atoms with van der Waals surface area (Å²) in [7, 11) is 0. The van der Waals surface area contributed by atoms with Crippen molar-refractivity contribution in [2.24, 2.45) is 28.7 Å². The number of aromatic amines is 4. The number of aliphatic carboxylic acids is 1. The molecule has 4 aromatic carbocycles. The molecule has 4 aromatic heterocycles. The third-order valence-electron chi connectivity index (χ3n) is 17.1. The summed E-state index contributed by atoms with van der Waals surface area (Å²) >= 11 is 0. The van der Waals surface area contributed by atoms with Crippen LogP contribution < -0.4 is 87.2 Å². The maximum absolute atomic E-state index is 15.5. The van der Waals surface area contributed by atoms with Crippen LogP contribution >= 0.6 is 0 Å². The lowest BCUT2D eigenvalue weighted by atomic mass is 9.99. The Morgan fingerprint density at radius 3 is 0.842 bits per heavy atom. The lowest BCUT2D eigenvalue weighted by Gasteiger charge is -2.28. The summed E-state index contributed by atoms with van der Waals surface area (Å²) in [5.41, 5.74) is 33.6. The SMILES string of the molecule is N=C(N)NCCC[C@H](NC(=O)[C@H](Cc1c[nH]c2ccccc12)NC(=O)[C@H](Cc1c[nH]c2ccccc12)NC(=O)[C@H](CCCNC(=N)N)NC(=O)[C@H](Cc1c[nH]c2ccccc12)NC(=O)[C@H](Cc1c[nH]c2ccccc12)NC(=O)[C@H](CCCNC(=N)N)NC(=O)[C@@H](N)CCCNC(=N)N)C(=O)O. The molecule has 101 heavy (non-hydrogen) atoms. The van der Waals surface area contributed by atoms with Crippen molar-refractivity contribution in [2.45, 2.75) is 125 Å². The number of nitrogens with one attached hydrogen (secondary N) is 19. The number of carbonyl (C=O) groups excluding carboxylic acids is 7. The Kier molecular flexibility index (Phi) is 26.9. The highest BCUT2D eigenvalue weighted by Crippen LogP contribution is 2.24. The second kappa shape index (κ2) is 36.4. The van der Waals surface area contributed by atoms with Gasteiger partial charge in [0, 0.05) is 120 Å². The zero-order valence-electron chi connectivity index (χ0n) is 55.6. The van der Waals surface area contributed by atoms with E-state index in [1.54, 1.807) is 49.1 Å². The molecule has 0 bridgehead atoms. The van der Waals surface area contributed by atoms with Crippen molar-refractivity contribution in [3.8, 4) is 0 Å². The number of amides is 7. The van der Waals surface area contributed by atoms with E-state index < -0.39 is 95.7 Å². The summed E-state index contributed by atoms with van der Waals surface area (Å²) in [5.74, 6) is -8.46. The summed E-state index contributed by atoms with van der Waals surface area (Å²) < 4.78 is 0. The van der Waals surface area contributed by atoms with Crippen LogP contribution in [0.2, 0.25) is 0 Å². The molecule has 0 saturated carbocycles. The molecule has 0 saturated heterocycles. The number of aromatic nitrogens is 4. The van der Waals surface area contributed by atoms with Gasteiger partial charge in [0.05, 0.1) is 6.04 Å². The molecule has 7 amide bonds. The largest absolute Gasteiger partial charge is 0.480 e. The van der Waals surface area contributed by atoms with E-state index in [4.69, 9.17) is 50.3 Å². The van der Waals surface area contributed by atoms with Gasteiger partial charge in [0.1, 0.15) is 42.3 Å². The van der Waals surface area contributed by atoms with Gasteiger partial charge in [0.25, 0.3) is 0 Å². The number of carboxylic acids is 1. The van der Waals surface area contributed by atoms with Crippen LogP contribution in [-0.2, 0) is 64.0 Å². The zero-order chi connectivity index (χ0) is 72.5. The first-order valence-corrected chi connectivity index (χ1v) is 33.1. The van der Waals surface area contributed by atoms with Gasteiger partial charge in [0.15, 0.2) is 23.8 Å². The topological polar surface area (TPSA) is 578 Å². The fraction of sp³-hybridized carbons (Fsp3) is 0.353. The number of H-pyrrole nitrogens is 4. The lowest BCUT2D eigenvalue weighted by molar-refractivity contribution is -0.142. The minimum absolute atomic E-state index is 0.0175. The fourth-order valence-corrected chi connectivity index (χ4v) is 11.9. The first-order chi connectivity index (χ1) is 48.5. The van der Waals surface area contributed by atoms with E-state index in [1.807, 2.05) is 72.8 Å². The van der Waals surface area contributed by atoms with Crippen molar-refractivity contribution < 1.29 is 43.5 Å². The van der Waals surface area contributed by atoms with Gasteiger partial charge in [-0.1, -0.05) is 72.8 Å². The molecule has 8 atom stereocenters. The monoisotopic (exact) mass is 1390 g/mol. The molecule has 0 spiro atoms. The Hall–Kier alpha value is -12.2. The number of carbonyl (C=O) groups is 8. The van der Waals surface area contributed by atoms with Crippen molar-refractivity contribution >= 4 is 115 Å². The van der Waals surface area contributed by atoms with Crippen LogP contribution in [0, 0.1) is 21.6 Å². The third-order valence-corrected chi connectivity index (χ3v) is 17.1. The van der Waals surface area contributed by atoms with Crippen LogP contribution in [-0.4, -0.2) is 171 Å². The van der Waals surface area contributed by atoms with Crippen LogP contribution in [0.15, 0.2) is 122 Å². The highest BCUT2D eigenvalue weighted by atomic mass is 16.4. The van der Waals surface area contributed by atoms with Gasteiger partial charge < -0.3 is 112 Å². The first-order valence-electron chi connectivity index (χ1n) is 33.1. The molecule has 536 valence electrons. The fourth-order valence-electron chi connectivity index (χ4n) is 11.9. The summed E-state index contributed by atoms with van der Waals surface area (Å²) in [5, 5.41) is 73.9. The van der Waals surface area contributed by atoms with Crippen molar-refractivity contribution in [1.29, 1.82) is 21.6 Å². The van der Waals surface area contributed by atoms with Crippen LogP contribution in [0.25, 0.3) is 43.6 Å². The molecule has 30 N–H and O–H groups in total. The number of benzene rings is 4. The normalized spacial score (nSPS) is 13.6. The van der Waals surface area contributed by atoms with Gasteiger partial charge >= 0.3 is 5.97 Å². The number of hydrogen-bond acceptors (Lipinski definition) is 13. The second-order valence-electron chi connectivity index (χ2n) is 24.6. The Labute approximate surface area is 580 Å². The van der Waals surface area contributed by atoms with E-state index in [-0.39, 0.29) is 121 Å². The van der Waals surface area contributed by atoms with E-state index in [1.165, 1.54) is 0 Å². The quantitative estimate of drug-likeness (QED) is 0.0134. The third kappa shape index (κ3) is 21.9. The summed E-state index contributed by atoms with van der Waals surface area (Å²) in [6.45, 7) is 0.575. The predicted molar refractivity (Wildman–Crippen MR) is 384 cm³/mol. The maximum atomic E-state index is 15.5. The molecular weight excluding hydrogens is 1300 g/mol. The van der Waals surface area contributed by atoms with Gasteiger partial charge in [-0.25, -0.2) is 4.79 Å². The van der Waals surface area contributed by atoms with Crippen LogP contribution in [0.3, 0.4) is 0 Å². The van der Waals surface area contributed by atoms with E-state index in [9.17, 15) is 24.3 Å². The number of para-hydroxylation sites is 4. The van der Waals surface area contributed by atoms with Crippen LogP contribution in [0.5, 0.6) is 0 Å². The predicted octanol–water partition coefficient (Wildman–Crippen LogP) is -0.259. The molecule has 0 aliphatic heterocycles. The number of hydrogen-bond donors (Lipinski definition) is 25. The molecule has 8 rings (SSSR count). The van der Waals surface area contributed by atoms with Crippen LogP contribution in [0.4, 0.5) is 0 Å². The summed E-state index contributed by atoms with van der Waals surface area (Å²) in [6.07, 6.45) is 6.75. The smallest absolute Gasteiger partial charge is 0.326 e. The molecule has 0 fully saturated rings. The molecule has 8 aromatic rings. The highest BCUT2D eigenvalue weighted by Gasteiger charge is 2.36. The van der Waals surface area contributed by atoms with Gasteiger partial charge in [-0.2, -0.15) is 0 Å². The maximum Gasteiger partial charge on any atom is 0.326 e. The number of rotatable bonds is 39. The lowest BCUT2D eigenvalue weighted by Crippen LogP contribution is -2.61. The Balaban J connectivity index is 1.12. The minimum Gasteiger partial charge on any atom is -0.480 e. The highest BCUT2D eigenvalue weighted by molar-refractivity contribution is 5.99. The first kappa shape index (κ1) is 74.6. The van der Waals surface area contributed by atoms with E-state index in [2.05, 4.69) is 78.4 Å². The molecule has 0 radical (unpaired) electrons. The summed E-state index contributed by atoms with van der Waals surface area (Å²) in [4.78, 5) is 130. The van der Waals surface area contributed by atoms with Crippen molar-refractivity contribution in [1.82, 2.24) is 78.4 Å². The average Bonchev–Trinajstić information content (AvgIpc) is 1.75. The number of nitrogens with two attached hydrogens (primary N) is 5. The number of carboxylic acid groups (broad SMARTS) is 1. The molecule has 0 aliphatic rings. The Bertz CT molecular complexity index is 4250. The molecule has 0 unspecified atom stereocenters. The van der Waals surface area contributed by atoms with E-state index >= 15 is 19.2 Å². The molecule has 0 aliphatic carbocycles. The zero-order valence-corrected chi connectivity index (χ0v) is 55.6. The van der Waals surface area contributed by atoms with Gasteiger partial charge in [-0.05, 0) is 97.9 Å².